The molecule has 2 saturated heterocycles. The summed E-state index contributed by atoms with van der Waals surface area (Å²) >= 11 is 0. The molecule has 0 atom stereocenters. The van der Waals surface area contributed by atoms with Crippen LogP contribution < -0.4 is 5.01 Å². The van der Waals surface area contributed by atoms with Gasteiger partial charge >= 0.3 is 0 Å². The highest BCUT2D eigenvalue weighted by atomic mass is 16.5. The Kier molecular flexibility index (Phi) is 3.07. The Morgan fingerprint density at radius 1 is 1.07 bits per heavy atom. The van der Waals surface area contributed by atoms with E-state index in [1.807, 2.05) is 0 Å². The minimum atomic E-state index is 0.135. The highest BCUT2D eigenvalue weighted by molar-refractivity contribution is 4.88. The van der Waals surface area contributed by atoms with E-state index >= 15 is 0 Å². The average molecular weight is 200 g/mol. The first-order chi connectivity index (χ1) is 6.70. The molecule has 2 heterocycles. The van der Waals surface area contributed by atoms with E-state index < -0.39 is 0 Å². The number of rotatable bonds is 1. The molecule has 0 aromatic heterocycles. The lowest BCUT2D eigenvalue weighted by Gasteiger charge is -2.38. The topological polar surface area (TPSA) is 27.6 Å². The zero-order valence-electron chi connectivity index (χ0n) is 9.16. The van der Waals surface area contributed by atoms with E-state index in [9.17, 15) is 0 Å². The van der Waals surface area contributed by atoms with Gasteiger partial charge in [0.2, 0.25) is 0 Å². The Morgan fingerprint density at radius 2 is 1.79 bits per heavy atom. The second-order valence-electron chi connectivity index (χ2n) is 4.55. The quantitative estimate of drug-likeness (QED) is 0.565. The van der Waals surface area contributed by atoms with Crippen molar-refractivity contribution >= 4 is 0 Å². The molecular formula is C10H20N2O2+. The van der Waals surface area contributed by atoms with Gasteiger partial charge < -0.3 is 9.47 Å². The monoisotopic (exact) mass is 200 g/mol. The van der Waals surface area contributed by atoms with Crippen LogP contribution in [0.4, 0.5) is 0 Å². The predicted molar refractivity (Wildman–Crippen MR) is 54.3 cm³/mol. The van der Waals surface area contributed by atoms with E-state index in [0.717, 1.165) is 46.1 Å². The SMILES string of the molecule is CC1(C)COCC[N+]1N1CCOCC1. The van der Waals surface area contributed by atoms with Gasteiger partial charge in [-0.15, -0.1) is 5.01 Å². The summed E-state index contributed by atoms with van der Waals surface area (Å²) in [5.74, 6) is 0. The minimum absolute atomic E-state index is 0.135. The fourth-order valence-electron chi connectivity index (χ4n) is 2.17. The predicted octanol–water partition coefficient (Wildman–Crippen LogP) is 0.183. The molecule has 2 rings (SSSR count). The first-order valence-corrected chi connectivity index (χ1v) is 5.38. The van der Waals surface area contributed by atoms with Crippen LogP contribution in [0, 0.1) is 0 Å². The largest absolute Gasteiger partial charge is 0.378 e. The molecule has 14 heavy (non-hydrogen) atoms. The van der Waals surface area contributed by atoms with E-state index in [4.69, 9.17) is 9.47 Å². The maximum Gasteiger partial charge on any atom is 0.182 e. The van der Waals surface area contributed by atoms with E-state index in [-0.39, 0.29) is 5.54 Å². The van der Waals surface area contributed by atoms with E-state index in [1.165, 1.54) is 0 Å². The molecule has 0 aliphatic carbocycles. The van der Waals surface area contributed by atoms with Gasteiger partial charge in [-0.2, -0.15) is 0 Å². The van der Waals surface area contributed by atoms with Gasteiger partial charge in [-0.25, -0.2) is 0 Å². The van der Waals surface area contributed by atoms with Crippen molar-refractivity contribution in [2.45, 2.75) is 19.4 Å². The van der Waals surface area contributed by atoms with E-state index in [1.54, 1.807) is 0 Å². The van der Waals surface area contributed by atoms with Crippen LogP contribution in [-0.4, -0.2) is 56.6 Å². The molecule has 0 aromatic carbocycles. The van der Waals surface area contributed by atoms with Gasteiger partial charge in [-0.1, -0.05) is 5.01 Å². The third-order valence-corrected chi connectivity index (χ3v) is 2.93. The average Bonchev–Trinajstić information content (AvgIpc) is 2.18. The number of hydrazine groups is 1. The summed E-state index contributed by atoms with van der Waals surface area (Å²) in [4.78, 5) is 0. The molecule has 4 nitrogen and oxygen atoms in total. The Labute approximate surface area is 85.7 Å². The number of nitrogens with zero attached hydrogens (tertiary/aromatic N) is 2. The standard InChI is InChI=1S/C10H20N2O2/c1-10(2)9-14-8-5-12(10)11-3-6-13-7-4-11/h3-9H2,1-2H3/q+1. The van der Waals surface area contributed by atoms with Crippen LogP contribution in [0.1, 0.15) is 13.8 Å². The lowest BCUT2D eigenvalue weighted by atomic mass is 10.0. The van der Waals surface area contributed by atoms with Crippen molar-refractivity contribution < 1.29 is 9.47 Å². The summed E-state index contributed by atoms with van der Waals surface area (Å²) in [7, 11) is 0. The van der Waals surface area contributed by atoms with Crippen molar-refractivity contribution in [2.75, 3.05) is 46.1 Å². The van der Waals surface area contributed by atoms with Crippen molar-refractivity contribution in [3.05, 3.63) is 0 Å². The number of hydrogen-bond acceptors (Lipinski definition) is 4. The molecule has 0 amide bonds. The zero-order chi connectivity index (χ0) is 10.0. The molecule has 81 valence electrons. The van der Waals surface area contributed by atoms with Gasteiger partial charge in [0.25, 0.3) is 0 Å². The van der Waals surface area contributed by atoms with Crippen LogP contribution in [0.3, 0.4) is 0 Å². The third-order valence-electron chi connectivity index (χ3n) is 2.93. The van der Waals surface area contributed by atoms with Gasteiger partial charge in [-0.05, 0) is 13.8 Å². The molecule has 0 saturated carbocycles. The molecule has 2 aliphatic rings. The smallest absolute Gasteiger partial charge is 0.182 e. The maximum atomic E-state index is 5.51. The maximum absolute atomic E-state index is 5.51. The Balaban J connectivity index is 1.99. The van der Waals surface area contributed by atoms with Gasteiger partial charge in [-0.3, -0.25) is 0 Å². The first-order valence-electron chi connectivity index (χ1n) is 5.38. The Bertz CT molecular complexity index is 191. The van der Waals surface area contributed by atoms with Crippen molar-refractivity contribution in [1.82, 2.24) is 10.0 Å². The Hall–Kier alpha value is -0.160. The Morgan fingerprint density at radius 3 is 2.43 bits per heavy atom. The summed E-state index contributed by atoms with van der Waals surface area (Å²) < 4.78 is 10.9. The van der Waals surface area contributed by atoms with Gasteiger partial charge in [0.1, 0.15) is 13.2 Å². The normalized spacial score (nSPS) is 30.4. The molecule has 0 unspecified atom stereocenters. The summed E-state index contributed by atoms with van der Waals surface area (Å²) in [5.41, 5.74) is 0.135. The van der Waals surface area contributed by atoms with Gasteiger partial charge in [0.05, 0.1) is 26.3 Å². The molecule has 1 radical (unpaired) electrons. The highest BCUT2D eigenvalue weighted by Crippen LogP contribution is 2.18. The summed E-state index contributed by atoms with van der Waals surface area (Å²) in [6.45, 7) is 10.9. The lowest BCUT2D eigenvalue weighted by Crippen LogP contribution is -2.66. The van der Waals surface area contributed by atoms with Crippen LogP contribution >= 0.6 is 0 Å². The summed E-state index contributed by atoms with van der Waals surface area (Å²) in [6, 6.07) is 0. The van der Waals surface area contributed by atoms with Crippen molar-refractivity contribution in [1.29, 1.82) is 0 Å². The first kappa shape index (κ1) is 10.4. The molecule has 2 fully saturated rings. The lowest BCUT2D eigenvalue weighted by molar-refractivity contribution is -0.123. The van der Waals surface area contributed by atoms with Crippen LogP contribution in [0.25, 0.3) is 0 Å². The van der Waals surface area contributed by atoms with Crippen molar-refractivity contribution in [2.24, 2.45) is 0 Å². The van der Waals surface area contributed by atoms with Crippen LogP contribution in [-0.2, 0) is 9.47 Å². The molecule has 0 N–H and O–H groups in total. The molecule has 0 bridgehead atoms. The van der Waals surface area contributed by atoms with Crippen LogP contribution in [0.2, 0.25) is 0 Å². The number of ether oxygens (including phenoxy) is 2. The third kappa shape index (κ3) is 2.08. The molecule has 0 aromatic rings. The molecule has 4 heteroatoms. The van der Waals surface area contributed by atoms with Crippen molar-refractivity contribution in [3.8, 4) is 0 Å². The number of hydrogen-bond donors (Lipinski definition) is 0. The fourth-order valence-corrected chi connectivity index (χ4v) is 2.17. The molecular weight excluding hydrogens is 180 g/mol. The highest BCUT2D eigenvalue weighted by Gasteiger charge is 2.45. The fraction of sp³-hybridized carbons (Fsp3) is 1.00. The van der Waals surface area contributed by atoms with Gasteiger partial charge in [0, 0.05) is 0 Å². The van der Waals surface area contributed by atoms with E-state index in [0.29, 0.717) is 0 Å². The van der Waals surface area contributed by atoms with Crippen molar-refractivity contribution in [3.63, 3.8) is 0 Å². The van der Waals surface area contributed by atoms with Gasteiger partial charge in [0.15, 0.2) is 12.1 Å². The second-order valence-corrected chi connectivity index (χ2v) is 4.55. The summed E-state index contributed by atoms with van der Waals surface area (Å²) in [6.07, 6.45) is 0. The van der Waals surface area contributed by atoms with E-state index in [2.05, 4.69) is 23.9 Å². The second kappa shape index (κ2) is 4.14. The molecule has 0 spiro atoms. The summed E-state index contributed by atoms with van der Waals surface area (Å²) in [5, 5.41) is 4.85. The zero-order valence-corrected chi connectivity index (χ0v) is 9.16. The number of morpholine rings is 2. The minimum Gasteiger partial charge on any atom is -0.378 e. The molecule has 2 aliphatic heterocycles. The van der Waals surface area contributed by atoms with Crippen LogP contribution in [0.15, 0.2) is 0 Å². The van der Waals surface area contributed by atoms with Crippen LogP contribution in [0.5, 0.6) is 0 Å².